The summed E-state index contributed by atoms with van der Waals surface area (Å²) in [5.74, 6) is 1.94. The van der Waals surface area contributed by atoms with Gasteiger partial charge in [-0.2, -0.15) is 9.97 Å². The molecule has 3 aliphatic carbocycles. The molecule has 3 aliphatic rings. The van der Waals surface area contributed by atoms with Crippen LogP contribution in [0, 0.1) is 0 Å². The van der Waals surface area contributed by atoms with Crippen LogP contribution >= 0.6 is 0 Å². The summed E-state index contributed by atoms with van der Waals surface area (Å²) in [7, 11) is 0. The van der Waals surface area contributed by atoms with Crippen molar-refractivity contribution in [2.24, 2.45) is 0 Å². The lowest BCUT2D eigenvalue weighted by Crippen LogP contribution is -2.10. The highest BCUT2D eigenvalue weighted by Crippen LogP contribution is 2.43. The van der Waals surface area contributed by atoms with Crippen molar-refractivity contribution in [1.82, 2.24) is 24.1 Å². The van der Waals surface area contributed by atoms with E-state index in [9.17, 15) is 0 Å². The first kappa shape index (κ1) is 32.6. The van der Waals surface area contributed by atoms with E-state index in [0.717, 1.165) is 66.5 Å². The number of hydrogen-bond acceptors (Lipinski definition) is 3. The van der Waals surface area contributed by atoms with Crippen LogP contribution < -0.4 is 0 Å². The van der Waals surface area contributed by atoms with Crippen molar-refractivity contribution in [1.29, 1.82) is 0 Å². The summed E-state index contributed by atoms with van der Waals surface area (Å²) in [5.41, 5.74) is 15.3. The molecule has 5 heteroatoms. The molecule has 0 unspecified atom stereocenters. The molecule has 0 spiro atoms. The van der Waals surface area contributed by atoms with Gasteiger partial charge in [-0.05, 0) is 90.6 Å². The normalized spacial score (nSPS) is 14.6. The third-order valence-electron chi connectivity index (χ3n) is 11.5. The minimum absolute atomic E-state index is 0.626. The molecular weight excluding hydrogens is 683 g/mol. The van der Waals surface area contributed by atoms with E-state index in [4.69, 9.17) is 15.0 Å². The number of fused-ring (bicyclic) bond motifs is 7. The van der Waals surface area contributed by atoms with Crippen LogP contribution in [0.2, 0.25) is 0 Å². The SMILES string of the molecule is C1=CC(c2cccc(-c3nc(-c4ccccc4)nc(-n4c5c(c6ccc7c8c(n(-c9cccc(-c%10ccccc%10)c9)c7c64)CCC=C8)CCC=C5)n3)c2)=CCC1. The molecule has 0 N–H and O–H groups in total. The predicted octanol–water partition coefficient (Wildman–Crippen LogP) is 12.4. The van der Waals surface area contributed by atoms with Crippen molar-refractivity contribution in [3.63, 3.8) is 0 Å². The number of benzene rings is 5. The Labute approximate surface area is 326 Å². The monoisotopic (exact) mass is 721 g/mol. The second kappa shape index (κ2) is 13.5. The van der Waals surface area contributed by atoms with E-state index in [1.807, 2.05) is 6.07 Å². The summed E-state index contributed by atoms with van der Waals surface area (Å²) >= 11 is 0. The van der Waals surface area contributed by atoms with E-state index >= 15 is 0 Å². The average Bonchev–Trinajstić information content (AvgIpc) is 3.80. The van der Waals surface area contributed by atoms with Gasteiger partial charge in [0.05, 0.1) is 16.7 Å². The molecule has 268 valence electrons. The number of hydrogen-bond donors (Lipinski definition) is 0. The second-order valence-electron chi connectivity index (χ2n) is 14.9. The van der Waals surface area contributed by atoms with Gasteiger partial charge < -0.3 is 4.57 Å². The molecular formula is C51H39N5. The fraction of sp³-hybridized carbons (Fsp3) is 0.118. The predicted molar refractivity (Wildman–Crippen MR) is 231 cm³/mol. The van der Waals surface area contributed by atoms with Crippen molar-refractivity contribution in [2.45, 2.75) is 38.5 Å². The molecule has 0 amide bonds. The van der Waals surface area contributed by atoms with Crippen molar-refractivity contribution in [3.05, 3.63) is 180 Å². The number of nitrogens with zero attached hydrogens (tertiary/aromatic N) is 5. The number of aryl methyl sites for hydroxylation is 1. The van der Waals surface area contributed by atoms with Crippen molar-refractivity contribution < 1.29 is 0 Å². The highest BCUT2D eigenvalue weighted by Gasteiger charge is 2.28. The lowest BCUT2D eigenvalue weighted by Gasteiger charge is -2.16. The van der Waals surface area contributed by atoms with Gasteiger partial charge in [0.25, 0.3) is 0 Å². The quantitative estimate of drug-likeness (QED) is 0.172. The zero-order chi connectivity index (χ0) is 37.0. The summed E-state index contributed by atoms with van der Waals surface area (Å²) in [5, 5.41) is 2.49. The standard InChI is InChI=1S/C51H39N5/c1-4-16-34(17-5-1)37-22-14-24-39(32-37)50-52-49(36-20-8-3-9-21-36)53-51(54-50)56-46-29-13-11-27-42(46)44-31-30-43-41-26-10-12-28-45(41)55(47(43)48(44)56)40-25-15-23-38(33-40)35-18-6-2-7-19-35/h2-4,6-10,13-26,29-33H,1,5,11-12,27-28H2. The molecule has 3 heterocycles. The van der Waals surface area contributed by atoms with E-state index < -0.39 is 0 Å². The first-order valence-electron chi connectivity index (χ1n) is 19.8. The highest BCUT2D eigenvalue weighted by atomic mass is 15.2. The van der Waals surface area contributed by atoms with Crippen LogP contribution in [-0.4, -0.2) is 24.1 Å². The summed E-state index contributed by atoms with van der Waals surface area (Å²) in [6.07, 6.45) is 22.1. The lowest BCUT2D eigenvalue weighted by molar-refractivity contribution is 0.883. The zero-order valence-corrected chi connectivity index (χ0v) is 31.1. The number of rotatable bonds is 6. The Morgan fingerprint density at radius 3 is 1.98 bits per heavy atom. The molecule has 56 heavy (non-hydrogen) atoms. The fourth-order valence-electron chi connectivity index (χ4n) is 8.93. The largest absolute Gasteiger partial charge is 0.311 e. The van der Waals surface area contributed by atoms with Gasteiger partial charge in [-0.3, -0.25) is 4.57 Å². The number of aromatic nitrogens is 5. The van der Waals surface area contributed by atoms with Crippen molar-refractivity contribution in [2.75, 3.05) is 0 Å². The summed E-state index contributed by atoms with van der Waals surface area (Å²) in [6.45, 7) is 0. The first-order chi connectivity index (χ1) is 27.8. The van der Waals surface area contributed by atoms with Crippen LogP contribution in [0.25, 0.3) is 85.1 Å². The van der Waals surface area contributed by atoms with Crippen LogP contribution in [0.5, 0.6) is 0 Å². The average molecular weight is 722 g/mol. The van der Waals surface area contributed by atoms with Gasteiger partial charge in [-0.1, -0.05) is 140 Å². The Bertz CT molecular complexity index is 2960. The van der Waals surface area contributed by atoms with E-state index in [2.05, 4.69) is 167 Å². The molecule has 8 aromatic rings. The summed E-state index contributed by atoms with van der Waals surface area (Å²) in [4.78, 5) is 15.9. The first-order valence-corrected chi connectivity index (χ1v) is 19.8. The molecule has 0 radical (unpaired) electrons. The molecule has 0 saturated carbocycles. The van der Waals surface area contributed by atoms with E-state index in [1.165, 1.54) is 55.4 Å². The van der Waals surface area contributed by atoms with Gasteiger partial charge in [0.1, 0.15) is 0 Å². The van der Waals surface area contributed by atoms with E-state index in [0.29, 0.717) is 17.6 Å². The molecule has 0 fully saturated rings. The molecule has 0 atom stereocenters. The maximum atomic E-state index is 5.41. The van der Waals surface area contributed by atoms with Gasteiger partial charge in [0.15, 0.2) is 11.6 Å². The Hall–Kier alpha value is -6.85. The smallest absolute Gasteiger partial charge is 0.238 e. The fourth-order valence-corrected chi connectivity index (χ4v) is 8.93. The van der Waals surface area contributed by atoms with Crippen molar-refractivity contribution >= 4 is 39.5 Å². The van der Waals surface area contributed by atoms with Crippen LogP contribution in [0.4, 0.5) is 0 Å². The Morgan fingerprint density at radius 2 is 1.14 bits per heavy atom. The Balaban J connectivity index is 1.22. The van der Waals surface area contributed by atoms with Gasteiger partial charge in [0, 0.05) is 38.8 Å². The topological polar surface area (TPSA) is 48.5 Å². The maximum absolute atomic E-state index is 5.41. The third kappa shape index (κ3) is 5.42. The van der Waals surface area contributed by atoms with Gasteiger partial charge in [-0.15, -0.1) is 0 Å². The summed E-state index contributed by atoms with van der Waals surface area (Å²) in [6, 6.07) is 43.3. The van der Waals surface area contributed by atoms with Crippen LogP contribution in [0.1, 0.15) is 53.8 Å². The molecule has 5 nitrogen and oxygen atoms in total. The molecule has 5 aromatic carbocycles. The van der Waals surface area contributed by atoms with Gasteiger partial charge in [0.2, 0.25) is 5.95 Å². The van der Waals surface area contributed by atoms with E-state index in [1.54, 1.807) is 0 Å². The van der Waals surface area contributed by atoms with Gasteiger partial charge >= 0.3 is 0 Å². The van der Waals surface area contributed by atoms with Crippen LogP contribution in [0.3, 0.4) is 0 Å². The zero-order valence-electron chi connectivity index (χ0n) is 31.1. The number of allylic oxidation sites excluding steroid dienone is 6. The van der Waals surface area contributed by atoms with Crippen LogP contribution in [0.15, 0.2) is 152 Å². The molecule has 0 aliphatic heterocycles. The lowest BCUT2D eigenvalue weighted by atomic mass is 9.98. The molecule has 3 aromatic heterocycles. The Morgan fingerprint density at radius 1 is 0.464 bits per heavy atom. The summed E-state index contributed by atoms with van der Waals surface area (Å²) < 4.78 is 4.87. The molecule has 11 rings (SSSR count). The van der Waals surface area contributed by atoms with Gasteiger partial charge in [-0.25, -0.2) is 4.98 Å². The minimum Gasteiger partial charge on any atom is -0.311 e. The maximum Gasteiger partial charge on any atom is 0.238 e. The minimum atomic E-state index is 0.626. The highest BCUT2D eigenvalue weighted by molar-refractivity contribution is 6.11. The van der Waals surface area contributed by atoms with E-state index in [-0.39, 0.29) is 0 Å². The Kier molecular flexibility index (Phi) is 7.83. The van der Waals surface area contributed by atoms with Crippen LogP contribution in [-0.2, 0) is 12.8 Å². The van der Waals surface area contributed by atoms with Crippen molar-refractivity contribution in [3.8, 4) is 45.5 Å². The third-order valence-corrected chi connectivity index (χ3v) is 11.5. The molecule has 0 saturated heterocycles. The second-order valence-corrected chi connectivity index (χ2v) is 14.9. The molecule has 0 bridgehead atoms.